The van der Waals surface area contributed by atoms with E-state index in [0.717, 1.165) is 18.4 Å². The number of hydrogen-bond donors (Lipinski definition) is 3. The van der Waals surface area contributed by atoms with E-state index in [0.29, 0.717) is 29.4 Å². The summed E-state index contributed by atoms with van der Waals surface area (Å²) >= 11 is 0. The van der Waals surface area contributed by atoms with Crippen molar-refractivity contribution in [3.8, 4) is 0 Å². The predicted octanol–water partition coefficient (Wildman–Crippen LogP) is 2.94. The van der Waals surface area contributed by atoms with Gasteiger partial charge >= 0.3 is 0 Å². The zero-order valence-electron chi connectivity index (χ0n) is 14.4. The molecule has 0 unspecified atom stereocenters. The predicted molar refractivity (Wildman–Crippen MR) is 105 cm³/mol. The van der Waals surface area contributed by atoms with Gasteiger partial charge in [-0.05, 0) is 67.6 Å². The topological polar surface area (TPSA) is 101 Å². The van der Waals surface area contributed by atoms with E-state index >= 15 is 0 Å². The van der Waals surface area contributed by atoms with E-state index in [4.69, 9.17) is 5.73 Å². The molecule has 0 bridgehead atoms. The summed E-state index contributed by atoms with van der Waals surface area (Å²) < 4.78 is 27.0. The van der Waals surface area contributed by atoms with Gasteiger partial charge in [-0.2, -0.15) is 0 Å². The molecule has 0 heterocycles. The first kappa shape index (κ1) is 20.2. The van der Waals surface area contributed by atoms with E-state index in [1.165, 1.54) is 12.1 Å². The number of carbonyl (C=O) groups excluding carboxylic acids is 1. The number of benzene rings is 2. The molecule has 0 spiro atoms. The Morgan fingerprint density at radius 3 is 2.42 bits per heavy atom. The van der Waals surface area contributed by atoms with Crippen LogP contribution in [0, 0.1) is 12.8 Å². The van der Waals surface area contributed by atoms with E-state index in [1.54, 1.807) is 30.3 Å². The molecule has 2 aromatic rings. The second-order valence-corrected chi connectivity index (χ2v) is 8.12. The molecular weight excluding hydrogens is 374 g/mol. The zero-order chi connectivity index (χ0) is 18.0. The highest BCUT2D eigenvalue weighted by atomic mass is 35.5. The van der Waals surface area contributed by atoms with Gasteiger partial charge in [0.05, 0.1) is 4.90 Å². The number of aryl methyl sites for hydroxylation is 1. The average molecular weight is 396 g/mol. The first-order valence-electron chi connectivity index (χ1n) is 8.12. The van der Waals surface area contributed by atoms with Gasteiger partial charge in [0, 0.05) is 23.5 Å². The van der Waals surface area contributed by atoms with Crippen LogP contribution in [0.4, 0.5) is 11.4 Å². The number of halogens is 1. The summed E-state index contributed by atoms with van der Waals surface area (Å²) in [4.78, 5) is 12.5. The monoisotopic (exact) mass is 395 g/mol. The molecule has 0 atom stereocenters. The van der Waals surface area contributed by atoms with E-state index < -0.39 is 10.0 Å². The Morgan fingerprint density at radius 2 is 1.81 bits per heavy atom. The SMILES string of the molecule is Cc1ccc(N)cc1C(=O)Nc1ccc(S(=O)(=O)NCC2CC2)cc1.Cl. The fourth-order valence-electron chi connectivity index (χ4n) is 2.43. The summed E-state index contributed by atoms with van der Waals surface area (Å²) in [7, 11) is -3.50. The zero-order valence-corrected chi connectivity index (χ0v) is 16.0. The molecule has 2 aromatic carbocycles. The molecule has 1 saturated carbocycles. The highest BCUT2D eigenvalue weighted by molar-refractivity contribution is 7.89. The third-order valence-electron chi connectivity index (χ3n) is 4.19. The molecule has 8 heteroatoms. The number of anilines is 2. The summed E-state index contributed by atoms with van der Waals surface area (Å²) in [5.74, 6) is 0.183. The summed E-state index contributed by atoms with van der Waals surface area (Å²) in [6, 6.07) is 11.3. The van der Waals surface area contributed by atoms with Crippen molar-refractivity contribution in [2.75, 3.05) is 17.6 Å². The minimum absolute atomic E-state index is 0. The van der Waals surface area contributed by atoms with E-state index in [2.05, 4.69) is 10.0 Å². The molecule has 1 aliphatic carbocycles. The smallest absolute Gasteiger partial charge is 0.256 e. The van der Waals surface area contributed by atoms with E-state index in [-0.39, 0.29) is 23.2 Å². The number of nitrogens with two attached hydrogens (primary N) is 1. The first-order chi connectivity index (χ1) is 11.8. The Labute approximate surface area is 159 Å². The molecule has 6 nitrogen and oxygen atoms in total. The lowest BCUT2D eigenvalue weighted by atomic mass is 10.1. The highest BCUT2D eigenvalue weighted by Gasteiger charge is 2.24. The lowest BCUT2D eigenvalue weighted by Crippen LogP contribution is -2.25. The van der Waals surface area contributed by atoms with Crippen LogP contribution in [-0.4, -0.2) is 20.9 Å². The number of amides is 1. The van der Waals surface area contributed by atoms with Crippen LogP contribution in [0.2, 0.25) is 0 Å². The maximum absolute atomic E-state index is 12.4. The molecule has 3 rings (SSSR count). The number of nitrogens with one attached hydrogen (secondary N) is 2. The van der Waals surface area contributed by atoms with Gasteiger partial charge in [-0.25, -0.2) is 13.1 Å². The van der Waals surface area contributed by atoms with Crippen molar-refractivity contribution in [1.29, 1.82) is 0 Å². The number of rotatable bonds is 6. The lowest BCUT2D eigenvalue weighted by Gasteiger charge is -2.10. The minimum atomic E-state index is -3.50. The maximum atomic E-state index is 12.4. The molecule has 0 aromatic heterocycles. The van der Waals surface area contributed by atoms with Crippen LogP contribution in [0.3, 0.4) is 0 Å². The van der Waals surface area contributed by atoms with Gasteiger partial charge in [0.25, 0.3) is 5.91 Å². The Balaban J connectivity index is 0.00000243. The normalized spacial score (nSPS) is 13.7. The fraction of sp³-hybridized carbons (Fsp3) is 0.278. The third-order valence-corrected chi connectivity index (χ3v) is 5.63. The van der Waals surface area contributed by atoms with Gasteiger partial charge in [0.1, 0.15) is 0 Å². The lowest BCUT2D eigenvalue weighted by molar-refractivity contribution is 0.102. The molecule has 0 saturated heterocycles. The molecule has 1 amide bonds. The summed E-state index contributed by atoms with van der Waals surface area (Å²) in [5.41, 5.74) is 8.06. The van der Waals surface area contributed by atoms with Crippen LogP contribution in [0.25, 0.3) is 0 Å². The van der Waals surface area contributed by atoms with E-state index in [9.17, 15) is 13.2 Å². The molecule has 4 N–H and O–H groups in total. The van der Waals surface area contributed by atoms with Crippen LogP contribution >= 0.6 is 12.4 Å². The van der Waals surface area contributed by atoms with Crippen LogP contribution < -0.4 is 15.8 Å². The standard InChI is InChI=1S/C18H21N3O3S.ClH/c1-12-2-5-14(19)10-17(12)18(22)21-15-6-8-16(9-7-15)25(23,24)20-11-13-3-4-13;/h2,5-10,13,20H,3-4,11,19H2,1H3,(H,21,22);1H. The van der Waals surface area contributed by atoms with Gasteiger partial charge in [0.2, 0.25) is 10.0 Å². The Bertz CT molecular complexity index is 894. The van der Waals surface area contributed by atoms with Gasteiger partial charge < -0.3 is 11.1 Å². The largest absolute Gasteiger partial charge is 0.399 e. The van der Waals surface area contributed by atoms with Crippen molar-refractivity contribution < 1.29 is 13.2 Å². The van der Waals surface area contributed by atoms with Crippen LogP contribution in [0.1, 0.15) is 28.8 Å². The first-order valence-corrected chi connectivity index (χ1v) is 9.61. The van der Waals surface area contributed by atoms with Crippen molar-refractivity contribution >= 4 is 39.7 Å². The Morgan fingerprint density at radius 1 is 1.15 bits per heavy atom. The van der Waals surface area contributed by atoms with Gasteiger partial charge in [-0.1, -0.05) is 6.07 Å². The second-order valence-electron chi connectivity index (χ2n) is 6.35. The van der Waals surface area contributed by atoms with Gasteiger partial charge in [-0.3, -0.25) is 4.79 Å². The Hall–Kier alpha value is -2.09. The molecule has 140 valence electrons. The molecule has 1 fully saturated rings. The fourth-order valence-corrected chi connectivity index (χ4v) is 3.55. The van der Waals surface area contributed by atoms with Crippen molar-refractivity contribution in [2.24, 2.45) is 5.92 Å². The van der Waals surface area contributed by atoms with Gasteiger partial charge in [-0.15, -0.1) is 12.4 Å². The van der Waals surface area contributed by atoms with Crippen LogP contribution in [0.5, 0.6) is 0 Å². The van der Waals surface area contributed by atoms with E-state index in [1.807, 2.05) is 6.92 Å². The number of sulfonamides is 1. The quantitative estimate of drug-likeness (QED) is 0.654. The molecule has 26 heavy (non-hydrogen) atoms. The molecule has 1 aliphatic rings. The average Bonchev–Trinajstić information content (AvgIpc) is 3.40. The van der Waals surface area contributed by atoms with Crippen molar-refractivity contribution in [3.05, 3.63) is 53.6 Å². The summed E-state index contributed by atoms with van der Waals surface area (Å²) in [5, 5.41) is 2.76. The second kappa shape index (κ2) is 8.07. The van der Waals surface area contributed by atoms with Crippen LogP contribution in [-0.2, 0) is 10.0 Å². The number of carbonyl (C=O) groups is 1. The van der Waals surface area contributed by atoms with Crippen molar-refractivity contribution in [3.63, 3.8) is 0 Å². The number of hydrogen-bond acceptors (Lipinski definition) is 4. The molecule has 0 aliphatic heterocycles. The number of nitrogen functional groups attached to an aromatic ring is 1. The third kappa shape index (κ3) is 4.97. The molecular formula is C18H22ClN3O3S. The van der Waals surface area contributed by atoms with Crippen molar-refractivity contribution in [1.82, 2.24) is 4.72 Å². The minimum Gasteiger partial charge on any atom is -0.399 e. The highest BCUT2D eigenvalue weighted by Crippen LogP contribution is 2.28. The van der Waals surface area contributed by atoms with Gasteiger partial charge in [0.15, 0.2) is 0 Å². The summed E-state index contributed by atoms with van der Waals surface area (Å²) in [6.45, 7) is 2.31. The molecule has 0 radical (unpaired) electrons. The maximum Gasteiger partial charge on any atom is 0.256 e. The van der Waals surface area contributed by atoms with Crippen LogP contribution in [0.15, 0.2) is 47.4 Å². The van der Waals surface area contributed by atoms with Crippen molar-refractivity contribution in [2.45, 2.75) is 24.7 Å². The summed E-state index contributed by atoms with van der Waals surface area (Å²) in [6.07, 6.45) is 2.16. The Kier molecular flexibility index (Phi) is 6.28.